The third kappa shape index (κ3) is 5.76. The number of carbonyl (C=O) groups is 1. The zero-order chi connectivity index (χ0) is 24.1. The van der Waals surface area contributed by atoms with Gasteiger partial charge >= 0.3 is 0 Å². The summed E-state index contributed by atoms with van der Waals surface area (Å²) in [5.74, 6) is 0.458. The fourth-order valence-corrected chi connectivity index (χ4v) is 4.42. The van der Waals surface area contributed by atoms with E-state index < -0.39 is 6.10 Å². The van der Waals surface area contributed by atoms with E-state index in [2.05, 4.69) is 37.9 Å². The Bertz CT molecular complexity index is 1260. The summed E-state index contributed by atoms with van der Waals surface area (Å²) in [7, 11) is 1.58. The normalized spacial score (nSPS) is 11.8. The van der Waals surface area contributed by atoms with Crippen molar-refractivity contribution in [3.05, 3.63) is 89.5 Å². The van der Waals surface area contributed by atoms with Gasteiger partial charge in [-0.1, -0.05) is 28.7 Å². The number of nitrogens with one attached hydrogen (secondary N) is 1. The number of aromatic nitrogens is 2. The molecule has 0 saturated heterocycles. The molecule has 4 rings (SSSR count). The summed E-state index contributed by atoms with van der Waals surface area (Å²) in [5, 5.41) is 3.90. The molecule has 0 aliphatic heterocycles. The lowest BCUT2D eigenvalue weighted by molar-refractivity contribution is 0.0963. The fourth-order valence-electron chi connectivity index (χ4n) is 3.10. The highest BCUT2D eigenvalue weighted by molar-refractivity contribution is 14.1. The quantitative estimate of drug-likeness (QED) is 0.188. The molecule has 0 spiro atoms. The van der Waals surface area contributed by atoms with Crippen LogP contribution in [0, 0.1) is 5.82 Å². The molecule has 0 aliphatic rings. The first-order chi connectivity index (χ1) is 16.5. The lowest BCUT2D eigenvalue weighted by Gasteiger charge is -2.13. The van der Waals surface area contributed by atoms with Crippen LogP contribution in [-0.2, 0) is 4.43 Å². The molecule has 174 valence electrons. The summed E-state index contributed by atoms with van der Waals surface area (Å²) in [5.41, 5.74) is 2.93. The molecule has 0 aliphatic carbocycles. The molecule has 2 heterocycles. The number of rotatable bonds is 8. The van der Waals surface area contributed by atoms with Gasteiger partial charge in [-0.05, 0) is 78.8 Å². The lowest BCUT2D eigenvalue weighted by Crippen LogP contribution is -2.17. The Labute approximate surface area is 214 Å². The van der Waals surface area contributed by atoms with Gasteiger partial charge in [0.15, 0.2) is 5.09 Å². The number of amides is 1. The van der Waals surface area contributed by atoms with Gasteiger partial charge in [0, 0.05) is 28.8 Å². The minimum Gasteiger partial charge on any atom is -0.484 e. The van der Waals surface area contributed by atoms with E-state index in [1.54, 1.807) is 43.4 Å². The smallest absolute Gasteiger partial charge is 0.251 e. The lowest BCUT2D eigenvalue weighted by atomic mass is 10.2. The van der Waals surface area contributed by atoms with E-state index in [9.17, 15) is 9.18 Å². The van der Waals surface area contributed by atoms with Crippen molar-refractivity contribution in [3.63, 3.8) is 0 Å². The van der Waals surface area contributed by atoms with Gasteiger partial charge in [-0.3, -0.25) is 4.79 Å². The van der Waals surface area contributed by atoms with Crippen LogP contribution >= 0.6 is 34.4 Å². The van der Waals surface area contributed by atoms with Crippen molar-refractivity contribution in [1.29, 1.82) is 0 Å². The second-order valence-corrected chi connectivity index (χ2v) is 9.06. The average molecular weight is 589 g/mol. The molecule has 0 radical (unpaired) electrons. The number of pyridine rings is 1. The van der Waals surface area contributed by atoms with E-state index in [0.29, 0.717) is 33.6 Å². The van der Waals surface area contributed by atoms with Crippen molar-refractivity contribution in [2.75, 3.05) is 7.05 Å². The van der Waals surface area contributed by atoms with E-state index in [4.69, 9.17) is 9.15 Å². The van der Waals surface area contributed by atoms with Gasteiger partial charge in [0.25, 0.3) is 5.91 Å². The SMILES string of the molecule is CNC(=O)c1ccc(OC(C)c2nc(-c3ccc(F)cc3)oc2Sc2ccc(CI)cn2)cc1. The van der Waals surface area contributed by atoms with Gasteiger partial charge in [0.1, 0.15) is 28.4 Å². The maximum absolute atomic E-state index is 13.4. The van der Waals surface area contributed by atoms with Crippen molar-refractivity contribution >= 4 is 40.3 Å². The number of nitrogens with zero attached hydrogens (tertiary/aromatic N) is 2. The first-order valence-electron chi connectivity index (χ1n) is 10.4. The molecule has 6 nitrogen and oxygen atoms in total. The number of oxazole rings is 1. The predicted octanol–water partition coefficient (Wildman–Crippen LogP) is 6.46. The minimum atomic E-state index is -0.458. The third-order valence-corrected chi connectivity index (χ3v) is 6.71. The summed E-state index contributed by atoms with van der Waals surface area (Å²) in [6, 6.07) is 16.8. The number of hydrogen-bond acceptors (Lipinski definition) is 6. The number of carbonyl (C=O) groups excluding carboxylic acids is 1. The van der Waals surface area contributed by atoms with E-state index in [-0.39, 0.29) is 11.7 Å². The Kier molecular flexibility index (Phi) is 7.84. The van der Waals surface area contributed by atoms with Crippen LogP contribution < -0.4 is 10.1 Å². The summed E-state index contributed by atoms with van der Waals surface area (Å²) < 4.78 is 26.5. The van der Waals surface area contributed by atoms with Crippen LogP contribution in [0.1, 0.15) is 34.6 Å². The molecule has 0 saturated carbocycles. The Hall–Kier alpha value is -2.92. The minimum absolute atomic E-state index is 0.167. The zero-order valence-corrected chi connectivity index (χ0v) is 21.4. The summed E-state index contributed by atoms with van der Waals surface area (Å²) in [6.45, 7) is 1.87. The monoisotopic (exact) mass is 589 g/mol. The number of benzene rings is 2. The molecule has 2 aromatic heterocycles. The van der Waals surface area contributed by atoms with Gasteiger partial charge in [0.05, 0.1) is 0 Å². The van der Waals surface area contributed by atoms with Crippen molar-refractivity contribution in [2.24, 2.45) is 0 Å². The maximum atomic E-state index is 13.4. The zero-order valence-electron chi connectivity index (χ0n) is 18.4. The first-order valence-corrected chi connectivity index (χ1v) is 12.7. The maximum Gasteiger partial charge on any atom is 0.251 e. The van der Waals surface area contributed by atoms with E-state index in [1.807, 2.05) is 25.3 Å². The highest BCUT2D eigenvalue weighted by atomic mass is 127. The topological polar surface area (TPSA) is 77.2 Å². The molecule has 2 aromatic carbocycles. The van der Waals surface area contributed by atoms with Gasteiger partial charge in [-0.15, -0.1) is 0 Å². The summed E-state index contributed by atoms with van der Waals surface area (Å²) in [6.07, 6.45) is 1.37. The van der Waals surface area contributed by atoms with Crippen LogP contribution in [0.4, 0.5) is 4.39 Å². The molecule has 1 unspecified atom stereocenters. The Balaban J connectivity index is 1.62. The number of ether oxygens (including phenoxy) is 1. The molecule has 0 bridgehead atoms. The molecule has 1 amide bonds. The second-order valence-electron chi connectivity index (χ2n) is 7.30. The van der Waals surface area contributed by atoms with Crippen LogP contribution in [0.25, 0.3) is 11.5 Å². The van der Waals surface area contributed by atoms with Crippen LogP contribution in [0.15, 0.2) is 81.4 Å². The van der Waals surface area contributed by atoms with Crippen molar-refractivity contribution in [1.82, 2.24) is 15.3 Å². The summed E-state index contributed by atoms with van der Waals surface area (Å²) in [4.78, 5) is 20.9. The van der Waals surface area contributed by atoms with Crippen LogP contribution in [-0.4, -0.2) is 22.9 Å². The van der Waals surface area contributed by atoms with Crippen LogP contribution in [0.5, 0.6) is 5.75 Å². The number of alkyl halides is 1. The van der Waals surface area contributed by atoms with Crippen molar-refractivity contribution in [2.45, 2.75) is 27.6 Å². The molecule has 34 heavy (non-hydrogen) atoms. The molecule has 0 fully saturated rings. The van der Waals surface area contributed by atoms with Gasteiger partial charge < -0.3 is 14.5 Å². The second kappa shape index (κ2) is 11.0. The van der Waals surface area contributed by atoms with E-state index in [1.165, 1.54) is 23.9 Å². The van der Waals surface area contributed by atoms with Gasteiger partial charge in [-0.2, -0.15) is 0 Å². The van der Waals surface area contributed by atoms with E-state index in [0.717, 1.165) is 15.0 Å². The Morgan fingerprint density at radius 1 is 1.15 bits per heavy atom. The highest BCUT2D eigenvalue weighted by Crippen LogP contribution is 2.37. The molecular formula is C25H21FIN3O3S. The van der Waals surface area contributed by atoms with Crippen molar-refractivity contribution < 1.29 is 18.3 Å². The van der Waals surface area contributed by atoms with Crippen LogP contribution in [0.2, 0.25) is 0 Å². The van der Waals surface area contributed by atoms with Gasteiger partial charge in [0.2, 0.25) is 5.89 Å². The number of hydrogen-bond donors (Lipinski definition) is 1. The largest absolute Gasteiger partial charge is 0.484 e. The average Bonchev–Trinajstić information content (AvgIpc) is 3.28. The fraction of sp³-hybridized carbons (Fsp3) is 0.160. The van der Waals surface area contributed by atoms with Crippen LogP contribution in [0.3, 0.4) is 0 Å². The standard InChI is InChI=1S/C25H21FIN3O3S/c1-15(32-20-10-6-17(7-11-20)23(31)28-2)22-25(34-21-12-3-16(13-27)14-29-21)33-24(30-22)18-4-8-19(26)9-5-18/h3-12,14-15H,13H2,1-2H3,(H,28,31). The highest BCUT2D eigenvalue weighted by Gasteiger charge is 2.23. The summed E-state index contributed by atoms with van der Waals surface area (Å²) >= 11 is 3.64. The Morgan fingerprint density at radius 2 is 1.88 bits per heavy atom. The van der Waals surface area contributed by atoms with Gasteiger partial charge in [-0.25, -0.2) is 14.4 Å². The molecular weight excluding hydrogens is 568 g/mol. The molecule has 1 atom stereocenters. The van der Waals surface area contributed by atoms with Crippen molar-refractivity contribution in [3.8, 4) is 17.2 Å². The van der Waals surface area contributed by atoms with E-state index >= 15 is 0 Å². The molecule has 9 heteroatoms. The predicted molar refractivity (Wildman–Crippen MR) is 137 cm³/mol. The third-order valence-electron chi connectivity index (χ3n) is 4.90. The Morgan fingerprint density at radius 3 is 2.50 bits per heavy atom. The molecule has 4 aromatic rings. The molecule has 1 N–H and O–H groups in total. The number of halogens is 2. The first kappa shape index (κ1) is 24.2.